The molecule has 1 unspecified atom stereocenters. The van der Waals surface area contributed by atoms with Gasteiger partial charge in [-0.05, 0) is 37.7 Å². The number of carbonyl (C=O) groups excluding carboxylic acids is 1. The predicted octanol–water partition coefficient (Wildman–Crippen LogP) is 0.526. The second-order valence-electron chi connectivity index (χ2n) is 6.44. The molecule has 0 aromatic heterocycles. The number of hydrogen-bond donors (Lipinski definition) is 2. The zero-order chi connectivity index (χ0) is 15.4. The van der Waals surface area contributed by atoms with Crippen molar-refractivity contribution >= 4 is 5.91 Å². The fourth-order valence-electron chi connectivity index (χ4n) is 3.07. The Kier molecular flexibility index (Phi) is 5.08. The van der Waals surface area contributed by atoms with Gasteiger partial charge in [-0.1, -0.05) is 12.1 Å². The second kappa shape index (κ2) is 7.22. The number of carbonyl (C=O) groups is 1. The minimum atomic E-state index is 0.0415. The van der Waals surface area contributed by atoms with E-state index in [1.54, 1.807) is 0 Å². The van der Waals surface area contributed by atoms with Crippen LogP contribution in [0.5, 0.6) is 0 Å². The average Bonchev–Trinajstić information content (AvgIpc) is 3.03. The van der Waals surface area contributed by atoms with Crippen molar-refractivity contribution in [3.63, 3.8) is 0 Å². The summed E-state index contributed by atoms with van der Waals surface area (Å²) in [7, 11) is 2.17. The molecule has 2 heterocycles. The monoisotopic (exact) mass is 302 g/mol. The molecular formula is C17H26N4O. The Hall–Kier alpha value is -1.43. The van der Waals surface area contributed by atoms with Crippen molar-refractivity contribution in [1.82, 2.24) is 20.4 Å². The molecule has 5 nitrogen and oxygen atoms in total. The highest BCUT2D eigenvalue weighted by molar-refractivity contribution is 5.94. The van der Waals surface area contributed by atoms with Crippen LogP contribution in [0.15, 0.2) is 24.3 Å². The first-order valence-electron chi connectivity index (χ1n) is 8.22. The predicted molar refractivity (Wildman–Crippen MR) is 88.0 cm³/mol. The molecule has 0 radical (unpaired) electrons. The number of nitrogens with one attached hydrogen (secondary N) is 2. The van der Waals surface area contributed by atoms with Gasteiger partial charge in [-0.2, -0.15) is 0 Å². The first kappa shape index (κ1) is 15.5. The highest BCUT2D eigenvalue weighted by atomic mass is 16.1. The third-order valence-electron chi connectivity index (χ3n) is 4.61. The van der Waals surface area contributed by atoms with Gasteiger partial charge < -0.3 is 15.5 Å². The lowest BCUT2D eigenvalue weighted by atomic mass is 10.1. The molecule has 2 aliphatic rings. The number of piperazine rings is 1. The van der Waals surface area contributed by atoms with Crippen LogP contribution in [-0.2, 0) is 6.54 Å². The van der Waals surface area contributed by atoms with Gasteiger partial charge in [-0.25, -0.2) is 0 Å². The third-order valence-corrected chi connectivity index (χ3v) is 4.61. The Labute approximate surface area is 132 Å². The summed E-state index contributed by atoms with van der Waals surface area (Å²) >= 11 is 0. The van der Waals surface area contributed by atoms with Crippen molar-refractivity contribution in [3.05, 3.63) is 35.4 Å². The molecule has 0 spiro atoms. The summed E-state index contributed by atoms with van der Waals surface area (Å²) in [6.45, 7) is 7.36. The summed E-state index contributed by atoms with van der Waals surface area (Å²) in [6, 6.07) is 8.34. The molecule has 3 rings (SSSR count). The lowest BCUT2D eigenvalue weighted by Crippen LogP contribution is -2.43. The molecule has 1 aromatic rings. The summed E-state index contributed by atoms with van der Waals surface area (Å²) in [5, 5.41) is 6.35. The van der Waals surface area contributed by atoms with Crippen LogP contribution in [0.4, 0.5) is 0 Å². The van der Waals surface area contributed by atoms with Gasteiger partial charge in [0.05, 0.1) is 0 Å². The van der Waals surface area contributed by atoms with Crippen molar-refractivity contribution in [2.75, 3.05) is 46.3 Å². The zero-order valence-corrected chi connectivity index (χ0v) is 13.3. The number of benzene rings is 1. The average molecular weight is 302 g/mol. The number of amides is 1. The molecule has 2 saturated heterocycles. The van der Waals surface area contributed by atoms with E-state index in [9.17, 15) is 4.79 Å². The van der Waals surface area contributed by atoms with E-state index in [1.165, 1.54) is 5.56 Å². The van der Waals surface area contributed by atoms with Crippen molar-refractivity contribution in [2.24, 2.45) is 0 Å². The van der Waals surface area contributed by atoms with Crippen LogP contribution >= 0.6 is 0 Å². The molecule has 120 valence electrons. The van der Waals surface area contributed by atoms with E-state index in [1.807, 2.05) is 12.1 Å². The smallest absolute Gasteiger partial charge is 0.251 e. The number of nitrogens with zero attached hydrogens (tertiary/aromatic N) is 2. The topological polar surface area (TPSA) is 47.6 Å². The Morgan fingerprint density at radius 3 is 2.59 bits per heavy atom. The molecule has 0 saturated carbocycles. The Morgan fingerprint density at radius 1 is 1.23 bits per heavy atom. The molecule has 1 atom stereocenters. The Morgan fingerprint density at radius 2 is 1.95 bits per heavy atom. The van der Waals surface area contributed by atoms with Crippen molar-refractivity contribution in [1.29, 1.82) is 0 Å². The Balaban J connectivity index is 1.52. The van der Waals surface area contributed by atoms with Gasteiger partial charge in [0.1, 0.15) is 0 Å². The maximum absolute atomic E-state index is 12.2. The van der Waals surface area contributed by atoms with Crippen LogP contribution in [0.1, 0.15) is 22.3 Å². The van der Waals surface area contributed by atoms with Gasteiger partial charge in [-0.3, -0.25) is 9.69 Å². The van der Waals surface area contributed by atoms with E-state index in [-0.39, 0.29) is 11.9 Å². The number of likely N-dealkylation sites (N-methyl/N-ethyl adjacent to an activating group) is 1. The zero-order valence-electron chi connectivity index (χ0n) is 13.3. The van der Waals surface area contributed by atoms with E-state index in [2.05, 4.69) is 39.6 Å². The minimum absolute atomic E-state index is 0.0415. The summed E-state index contributed by atoms with van der Waals surface area (Å²) in [5.74, 6) is 0.0415. The lowest BCUT2D eigenvalue weighted by molar-refractivity contribution is 0.0940. The van der Waals surface area contributed by atoms with E-state index in [0.29, 0.717) is 0 Å². The summed E-state index contributed by atoms with van der Waals surface area (Å²) < 4.78 is 0. The first-order valence-corrected chi connectivity index (χ1v) is 8.22. The van der Waals surface area contributed by atoms with Gasteiger partial charge in [0.15, 0.2) is 0 Å². The van der Waals surface area contributed by atoms with Crippen LogP contribution in [0.25, 0.3) is 0 Å². The first-order chi connectivity index (χ1) is 10.7. The quantitative estimate of drug-likeness (QED) is 0.852. The van der Waals surface area contributed by atoms with Crippen LogP contribution in [-0.4, -0.2) is 68.1 Å². The van der Waals surface area contributed by atoms with Crippen LogP contribution in [0.2, 0.25) is 0 Å². The van der Waals surface area contributed by atoms with Crippen molar-refractivity contribution < 1.29 is 4.79 Å². The number of hydrogen-bond acceptors (Lipinski definition) is 4. The molecule has 1 amide bonds. The largest absolute Gasteiger partial charge is 0.348 e. The standard InChI is InChI=1S/C17H26N4O/c1-20-8-10-21(11-9-20)13-14-2-4-15(5-3-14)17(22)19-16-6-7-18-12-16/h2-5,16,18H,6-13H2,1H3,(H,19,22). The summed E-state index contributed by atoms with van der Waals surface area (Å²) in [6.07, 6.45) is 1.02. The molecule has 22 heavy (non-hydrogen) atoms. The molecule has 2 N–H and O–H groups in total. The van der Waals surface area contributed by atoms with Crippen molar-refractivity contribution in [2.45, 2.75) is 19.0 Å². The lowest BCUT2D eigenvalue weighted by Gasteiger charge is -2.32. The van der Waals surface area contributed by atoms with E-state index < -0.39 is 0 Å². The van der Waals surface area contributed by atoms with E-state index in [4.69, 9.17) is 0 Å². The van der Waals surface area contributed by atoms with E-state index >= 15 is 0 Å². The molecule has 5 heteroatoms. The van der Waals surface area contributed by atoms with Gasteiger partial charge in [0.2, 0.25) is 0 Å². The van der Waals surface area contributed by atoms with Crippen molar-refractivity contribution in [3.8, 4) is 0 Å². The number of rotatable bonds is 4. The minimum Gasteiger partial charge on any atom is -0.348 e. The molecule has 2 aliphatic heterocycles. The third kappa shape index (κ3) is 4.06. The van der Waals surface area contributed by atoms with Gasteiger partial charge in [-0.15, -0.1) is 0 Å². The normalized spacial score (nSPS) is 23.6. The highest BCUT2D eigenvalue weighted by Crippen LogP contribution is 2.10. The molecule has 0 aliphatic carbocycles. The van der Waals surface area contributed by atoms with Gasteiger partial charge >= 0.3 is 0 Å². The maximum atomic E-state index is 12.2. The summed E-state index contributed by atoms with van der Waals surface area (Å²) in [4.78, 5) is 17.0. The highest BCUT2D eigenvalue weighted by Gasteiger charge is 2.18. The molecule has 0 bridgehead atoms. The van der Waals surface area contributed by atoms with Gasteiger partial charge in [0.25, 0.3) is 5.91 Å². The SMILES string of the molecule is CN1CCN(Cc2ccc(C(=O)NC3CCNC3)cc2)CC1. The van der Waals surface area contributed by atoms with E-state index in [0.717, 1.165) is 57.8 Å². The molecular weight excluding hydrogens is 276 g/mol. The van der Waals surface area contributed by atoms with Crippen LogP contribution in [0, 0.1) is 0 Å². The van der Waals surface area contributed by atoms with Crippen LogP contribution < -0.4 is 10.6 Å². The fourth-order valence-corrected chi connectivity index (χ4v) is 3.07. The Bertz CT molecular complexity index is 488. The summed E-state index contributed by atoms with van der Waals surface area (Å²) in [5.41, 5.74) is 2.04. The molecule has 2 fully saturated rings. The van der Waals surface area contributed by atoms with Crippen LogP contribution in [0.3, 0.4) is 0 Å². The second-order valence-corrected chi connectivity index (χ2v) is 6.44. The molecule has 1 aromatic carbocycles. The van der Waals surface area contributed by atoms with Gasteiger partial charge in [0, 0.05) is 50.9 Å². The fraction of sp³-hybridized carbons (Fsp3) is 0.588. The maximum Gasteiger partial charge on any atom is 0.251 e.